The van der Waals surface area contributed by atoms with Crippen LogP contribution in [-0.4, -0.2) is 24.2 Å². The lowest BCUT2D eigenvalue weighted by atomic mass is 10.1. The SMILES string of the molecule is COc1ccc(Cc2nc3sc(-c4ccccc4)cc3c(=O)[nH]2)cc1OC. The number of nitrogens with zero attached hydrogens (tertiary/aromatic N) is 1. The number of nitrogens with one attached hydrogen (secondary N) is 1. The fraction of sp³-hybridized carbons (Fsp3) is 0.143. The molecule has 0 aliphatic rings. The molecule has 0 aliphatic carbocycles. The Morgan fingerprint density at radius 1 is 1.00 bits per heavy atom. The lowest BCUT2D eigenvalue weighted by Gasteiger charge is -2.09. The zero-order valence-electron chi connectivity index (χ0n) is 15.0. The summed E-state index contributed by atoms with van der Waals surface area (Å²) in [7, 11) is 3.20. The number of hydrogen-bond acceptors (Lipinski definition) is 5. The molecule has 0 radical (unpaired) electrons. The van der Waals surface area contributed by atoms with E-state index in [1.807, 2.05) is 54.6 Å². The van der Waals surface area contributed by atoms with Gasteiger partial charge in [-0.15, -0.1) is 11.3 Å². The van der Waals surface area contributed by atoms with Gasteiger partial charge in [0, 0.05) is 11.3 Å². The number of aromatic nitrogens is 2. The number of H-pyrrole nitrogens is 1. The van der Waals surface area contributed by atoms with E-state index in [9.17, 15) is 4.79 Å². The van der Waals surface area contributed by atoms with Crippen molar-refractivity contribution in [2.75, 3.05) is 14.2 Å². The molecular formula is C21H18N2O3S. The Balaban J connectivity index is 1.70. The highest BCUT2D eigenvalue weighted by molar-refractivity contribution is 7.21. The number of aromatic amines is 1. The molecule has 0 amide bonds. The van der Waals surface area contributed by atoms with Crippen LogP contribution in [0.3, 0.4) is 0 Å². The van der Waals surface area contributed by atoms with Gasteiger partial charge in [-0.3, -0.25) is 4.79 Å². The standard InChI is InChI=1S/C21H18N2O3S/c1-25-16-9-8-13(10-17(16)26-2)11-19-22-20(24)15-12-18(27-21(15)23-19)14-6-4-3-5-7-14/h3-10,12H,11H2,1-2H3,(H,22,23,24). The summed E-state index contributed by atoms with van der Waals surface area (Å²) in [5.41, 5.74) is 1.95. The fourth-order valence-corrected chi connectivity index (χ4v) is 4.04. The van der Waals surface area contributed by atoms with Gasteiger partial charge in [0.15, 0.2) is 11.5 Å². The molecule has 0 unspecified atom stereocenters. The van der Waals surface area contributed by atoms with Gasteiger partial charge in [-0.2, -0.15) is 0 Å². The minimum absolute atomic E-state index is 0.117. The van der Waals surface area contributed by atoms with Crippen LogP contribution in [0, 0.1) is 0 Å². The second-order valence-electron chi connectivity index (χ2n) is 6.07. The topological polar surface area (TPSA) is 64.2 Å². The Morgan fingerprint density at radius 2 is 1.78 bits per heavy atom. The molecule has 6 heteroatoms. The number of ether oxygens (including phenoxy) is 2. The van der Waals surface area contributed by atoms with Crippen molar-refractivity contribution in [3.8, 4) is 21.9 Å². The van der Waals surface area contributed by atoms with Crippen LogP contribution in [0.2, 0.25) is 0 Å². The van der Waals surface area contributed by atoms with Crippen LogP contribution in [-0.2, 0) is 6.42 Å². The van der Waals surface area contributed by atoms with Crippen molar-refractivity contribution < 1.29 is 9.47 Å². The highest BCUT2D eigenvalue weighted by Crippen LogP contribution is 2.31. The van der Waals surface area contributed by atoms with E-state index < -0.39 is 0 Å². The lowest BCUT2D eigenvalue weighted by molar-refractivity contribution is 0.354. The molecule has 0 bridgehead atoms. The molecule has 2 aromatic carbocycles. The average Bonchev–Trinajstić information content (AvgIpc) is 3.13. The first-order chi connectivity index (χ1) is 13.2. The molecule has 1 N–H and O–H groups in total. The molecule has 4 aromatic rings. The largest absolute Gasteiger partial charge is 0.493 e. The molecule has 2 aromatic heterocycles. The van der Waals surface area contributed by atoms with E-state index in [1.165, 1.54) is 11.3 Å². The van der Waals surface area contributed by atoms with E-state index in [0.717, 1.165) is 20.8 Å². The number of methoxy groups -OCH3 is 2. The summed E-state index contributed by atoms with van der Waals surface area (Å²) >= 11 is 1.53. The fourth-order valence-electron chi connectivity index (χ4n) is 2.99. The first kappa shape index (κ1) is 17.3. The monoisotopic (exact) mass is 378 g/mol. The number of benzene rings is 2. The van der Waals surface area contributed by atoms with Gasteiger partial charge in [-0.25, -0.2) is 4.98 Å². The summed E-state index contributed by atoms with van der Waals surface area (Å²) in [4.78, 5) is 21.9. The second kappa shape index (κ2) is 7.25. The van der Waals surface area contributed by atoms with Gasteiger partial charge < -0.3 is 14.5 Å². The summed E-state index contributed by atoms with van der Waals surface area (Å²) in [6.45, 7) is 0. The molecule has 0 aliphatic heterocycles. The Morgan fingerprint density at radius 3 is 2.52 bits per heavy atom. The molecule has 0 saturated carbocycles. The first-order valence-electron chi connectivity index (χ1n) is 8.47. The van der Waals surface area contributed by atoms with Gasteiger partial charge in [0.05, 0.1) is 19.6 Å². The van der Waals surface area contributed by atoms with Crippen molar-refractivity contribution in [3.63, 3.8) is 0 Å². The molecule has 27 heavy (non-hydrogen) atoms. The number of hydrogen-bond donors (Lipinski definition) is 1. The number of rotatable bonds is 5. The summed E-state index contributed by atoms with van der Waals surface area (Å²) < 4.78 is 10.6. The van der Waals surface area contributed by atoms with Crippen LogP contribution in [0.4, 0.5) is 0 Å². The van der Waals surface area contributed by atoms with E-state index in [0.29, 0.717) is 29.1 Å². The maximum atomic E-state index is 12.5. The average molecular weight is 378 g/mol. The molecule has 0 saturated heterocycles. The van der Waals surface area contributed by atoms with E-state index in [2.05, 4.69) is 9.97 Å². The minimum atomic E-state index is -0.117. The Bertz CT molecular complexity index is 1150. The van der Waals surface area contributed by atoms with Crippen molar-refractivity contribution in [1.82, 2.24) is 9.97 Å². The molecule has 136 valence electrons. The lowest BCUT2D eigenvalue weighted by Crippen LogP contribution is -2.11. The molecular weight excluding hydrogens is 360 g/mol. The van der Waals surface area contributed by atoms with Crippen LogP contribution in [0.25, 0.3) is 20.7 Å². The third kappa shape index (κ3) is 3.44. The van der Waals surface area contributed by atoms with Gasteiger partial charge >= 0.3 is 0 Å². The zero-order valence-corrected chi connectivity index (χ0v) is 15.8. The molecule has 2 heterocycles. The molecule has 0 fully saturated rings. The predicted molar refractivity (Wildman–Crippen MR) is 108 cm³/mol. The van der Waals surface area contributed by atoms with Crippen LogP contribution in [0.1, 0.15) is 11.4 Å². The van der Waals surface area contributed by atoms with Gasteiger partial charge in [0.25, 0.3) is 5.56 Å². The van der Waals surface area contributed by atoms with Crippen molar-refractivity contribution in [2.24, 2.45) is 0 Å². The van der Waals surface area contributed by atoms with E-state index in [1.54, 1.807) is 14.2 Å². The van der Waals surface area contributed by atoms with Crippen molar-refractivity contribution in [3.05, 3.63) is 76.3 Å². The van der Waals surface area contributed by atoms with Crippen LogP contribution in [0.5, 0.6) is 11.5 Å². The van der Waals surface area contributed by atoms with Crippen molar-refractivity contribution in [2.45, 2.75) is 6.42 Å². The Hall–Kier alpha value is -3.12. The summed E-state index contributed by atoms with van der Waals surface area (Å²) in [6, 6.07) is 17.6. The third-order valence-electron chi connectivity index (χ3n) is 4.33. The molecule has 4 rings (SSSR count). The summed E-state index contributed by atoms with van der Waals surface area (Å²) in [6.07, 6.45) is 0.504. The zero-order chi connectivity index (χ0) is 18.8. The maximum absolute atomic E-state index is 12.5. The molecule has 0 spiro atoms. The molecule has 0 atom stereocenters. The smallest absolute Gasteiger partial charge is 0.259 e. The second-order valence-corrected chi connectivity index (χ2v) is 7.10. The highest BCUT2D eigenvalue weighted by atomic mass is 32.1. The van der Waals surface area contributed by atoms with Gasteiger partial charge in [-0.05, 0) is 29.3 Å². The number of fused-ring (bicyclic) bond motifs is 1. The van der Waals surface area contributed by atoms with Gasteiger partial charge in [0.2, 0.25) is 0 Å². The van der Waals surface area contributed by atoms with Crippen LogP contribution in [0.15, 0.2) is 59.4 Å². The van der Waals surface area contributed by atoms with E-state index in [4.69, 9.17) is 9.47 Å². The molecule has 5 nitrogen and oxygen atoms in total. The third-order valence-corrected chi connectivity index (χ3v) is 5.41. The Labute approximate surface area is 160 Å². The van der Waals surface area contributed by atoms with Crippen molar-refractivity contribution in [1.29, 1.82) is 0 Å². The van der Waals surface area contributed by atoms with Gasteiger partial charge in [0.1, 0.15) is 10.7 Å². The van der Waals surface area contributed by atoms with Crippen LogP contribution < -0.4 is 15.0 Å². The minimum Gasteiger partial charge on any atom is -0.493 e. The summed E-state index contributed by atoms with van der Waals surface area (Å²) in [5, 5.41) is 0.620. The normalized spacial score (nSPS) is 10.9. The Kier molecular flexibility index (Phi) is 4.64. The van der Waals surface area contributed by atoms with E-state index >= 15 is 0 Å². The number of thiophene rings is 1. The maximum Gasteiger partial charge on any atom is 0.259 e. The van der Waals surface area contributed by atoms with E-state index in [-0.39, 0.29) is 5.56 Å². The van der Waals surface area contributed by atoms with Crippen molar-refractivity contribution >= 4 is 21.6 Å². The quantitative estimate of drug-likeness (QED) is 0.564. The highest BCUT2D eigenvalue weighted by Gasteiger charge is 2.12. The summed E-state index contributed by atoms with van der Waals surface area (Å²) in [5.74, 6) is 1.95. The predicted octanol–water partition coefficient (Wildman–Crippen LogP) is 4.26. The van der Waals surface area contributed by atoms with Crippen LogP contribution >= 0.6 is 11.3 Å². The van der Waals surface area contributed by atoms with Gasteiger partial charge in [-0.1, -0.05) is 36.4 Å². The first-order valence-corrected chi connectivity index (χ1v) is 9.28.